The van der Waals surface area contributed by atoms with Crippen LogP contribution in [0.5, 0.6) is 0 Å². The third-order valence-electron chi connectivity index (χ3n) is 2.71. The van der Waals surface area contributed by atoms with Crippen LogP contribution in [-0.2, 0) is 13.1 Å². The minimum absolute atomic E-state index is 0.672. The first-order chi connectivity index (χ1) is 9.42. The van der Waals surface area contributed by atoms with Crippen molar-refractivity contribution in [1.82, 2.24) is 30.5 Å². The number of aromatic amines is 1. The number of benzene rings is 1. The summed E-state index contributed by atoms with van der Waals surface area (Å²) in [5.74, 6) is 0. The smallest absolute Gasteiger partial charge is 0.0969 e. The molecule has 0 saturated heterocycles. The van der Waals surface area contributed by atoms with Crippen molar-refractivity contribution in [2.24, 2.45) is 0 Å². The molecule has 2 aromatic heterocycles. The lowest BCUT2D eigenvalue weighted by atomic mass is 10.3. The van der Waals surface area contributed by atoms with Gasteiger partial charge in [0.1, 0.15) is 0 Å². The van der Waals surface area contributed by atoms with Gasteiger partial charge in [-0.1, -0.05) is 18.2 Å². The first-order valence-corrected chi connectivity index (χ1v) is 6.07. The molecule has 0 radical (unpaired) electrons. The Kier molecular flexibility index (Phi) is 3.33. The lowest BCUT2D eigenvalue weighted by molar-refractivity contribution is 0.652. The number of nitrogens with one attached hydrogen (secondary N) is 2. The summed E-state index contributed by atoms with van der Waals surface area (Å²) in [4.78, 5) is 1.63. The van der Waals surface area contributed by atoms with E-state index >= 15 is 0 Å². The van der Waals surface area contributed by atoms with Crippen LogP contribution >= 0.6 is 0 Å². The van der Waals surface area contributed by atoms with Crippen LogP contribution in [0, 0.1) is 0 Å². The van der Waals surface area contributed by atoms with Gasteiger partial charge in [0, 0.05) is 25.0 Å². The number of H-pyrrole nitrogens is 1. The molecule has 6 heteroatoms. The second-order valence-electron chi connectivity index (χ2n) is 4.15. The zero-order valence-corrected chi connectivity index (χ0v) is 10.3. The summed E-state index contributed by atoms with van der Waals surface area (Å²) in [5.41, 5.74) is 2.92. The Morgan fingerprint density at radius 1 is 1.11 bits per heavy atom. The molecule has 0 atom stereocenters. The molecule has 0 bridgehead atoms. The molecule has 96 valence electrons. The van der Waals surface area contributed by atoms with Crippen molar-refractivity contribution in [2.75, 3.05) is 0 Å². The maximum absolute atomic E-state index is 4.42. The third kappa shape index (κ3) is 2.86. The Labute approximate surface area is 110 Å². The predicted molar refractivity (Wildman–Crippen MR) is 70.5 cm³/mol. The summed E-state index contributed by atoms with van der Waals surface area (Å²) < 4.78 is 0. The Hall–Kier alpha value is -2.47. The standard InChI is InChI=1S/C13H14N6/c1-2-4-13(5-3-1)19-16-10-12(18-19)9-14-8-11-6-7-15-17-11/h1-7,10,14H,8-9H2,(H,15,17). The lowest BCUT2D eigenvalue weighted by Crippen LogP contribution is -2.13. The molecule has 6 nitrogen and oxygen atoms in total. The molecular weight excluding hydrogens is 240 g/mol. The summed E-state index contributed by atoms with van der Waals surface area (Å²) in [6.07, 6.45) is 3.51. The van der Waals surface area contributed by atoms with Gasteiger partial charge in [-0.3, -0.25) is 5.10 Å². The average Bonchev–Trinajstić information content (AvgIpc) is 3.11. The molecule has 1 aromatic carbocycles. The number of nitrogens with zero attached hydrogens (tertiary/aromatic N) is 4. The van der Waals surface area contributed by atoms with Crippen LogP contribution in [0.15, 0.2) is 48.8 Å². The van der Waals surface area contributed by atoms with Gasteiger partial charge < -0.3 is 5.32 Å². The Morgan fingerprint density at radius 2 is 2.00 bits per heavy atom. The van der Waals surface area contributed by atoms with E-state index in [0.29, 0.717) is 6.54 Å². The van der Waals surface area contributed by atoms with E-state index in [1.54, 1.807) is 17.2 Å². The van der Waals surface area contributed by atoms with Crippen LogP contribution in [-0.4, -0.2) is 25.2 Å². The van der Waals surface area contributed by atoms with Gasteiger partial charge in [0.25, 0.3) is 0 Å². The molecule has 0 amide bonds. The van der Waals surface area contributed by atoms with Crippen molar-refractivity contribution >= 4 is 0 Å². The first-order valence-electron chi connectivity index (χ1n) is 6.07. The lowest BCUT2D eigenvalue weighted by Gasteiger charge is -2.00. The second-order valence-corrected chi connectivity index (χ2v) is 4.15. The van der Waals surface area contributed by atoms with Gasteiger partial charge in [0.05, 0.1) is 17.6 Å². The van der Waals surface area contributed by atoms with Crippen LogP contribution in [0.2, 0.25) is 0 Å². The molecule has 3 rings (SSSR count). The number of aromatic nitrogens is 5. The highest BCUT2D eigenvalue weighted by molar-refractivity contribution is 5.28. The van der Waals surface area contributed by atoms with Crippen LogP contribution in [0.1, 0.15) is 11.4 Å². The minimum Gasteiger partial charge on any atom is -0.305 e. The molecule has 2 N–H and O–H groups in total. The SMILES string of the molecule is c1ccc(-n2ncc(CNCc3ccn[nH]3)n2)cc1. The van der Waals surface area contributed by atoms with Crippen LogP contribution in [0.4, 0.5) is 0 Å². The van der Waals surface area contributed by atoms with E-state index in [-0.39, 0.29) is 0 Å². The fourth-order valence-corrected chi connectivity index (χ4v) is 1.77. The Morgan fingerprint density at radius 3 is 2.79 bits per heavy atom. The van der Waals surface area contributed by atoms with E-state index in [4.69, 9.17) is 0 Å². The molecule has 3 aromatic rings. The van der Waals surface area contributed by atoms with Gasteiger partial charge in [-0.25, -0.2) is 0 Å². The molecule has 0 saturated carbocycles. The van der Waals surface area contributed by atoms with E-state index in [0.717, 1.165) is 23.6 Å². The van der Waals surface area contributed by atoms with Crippen molar-refractivity contribution in [1.29, 1.82) is 0 Å². The predicted octanol–water partition coefficient (Wildman–Crippen LogP) is 1.28. The molecule has 0 aliphatic carbocycles. The summed E-state index contributed by atoms with van der Waals surface area (Å²) in [6, 6.07) is 11.8. The van der Waals surface area contributed by atoms with E-state index < -0.39 is 0 Å². The second kappa shape index (κ2) is 5.45. The molecule has 2 heterocycles. The van der Waals surface area contributed by atoms with Gasteiger partial charge in [-0.15, -0.1) is 0 Å². The quantitative estimate of drug-likeness (QED) is 0.719. The fourth-order valence-electron chi connectivity index (χ4n) is 1.77. The Balaban J connectivity index is 1.59. The molecule has 0 unspecified atom stereocenters. The largest absolute Gasteiger partial charge is 0.305 e. The third-order valence-corrected chi connectivity index (χ3v) is 2.71. The molecule has 0 spiro atoms. The molecule has 19 heavy (non-hydrogen) atoms. The van der Waals surface area contributed by atoms with Crippen molar-refractivity contribution < 1.29 is 0 Å². The van der Waals surface area contributed by atoms with E-state index in [2.05, 4.69) is 25.7 Å². The molecule has 0 aliphatic heterocycles. The number of hydrogen-bond donors (Lipinski definition) is 2. The highest BCUT2D eigenvalue weighted by Crippen LogP contribution is 2.04. The number of rotatable bonds is 5. The fraction of sp³-hybridized carbons (Fsp3) is 0.154. The van der Waals surface area contributed by atoms with Gasteiger partial charge in [0.15, 0.2) is 0 Å². The van der Waals surface area contributed by atoms with Crippen LogP contribution in [0.25, 0.3) is 5.69 Å². The topological polar surface area (TPSA) is 71.4 Å². The van der Waals surface area contributed by atoms with Crippen LogP contribution in [0.3, 0.4) is 0 Å². The van der Waals surface area contributed by atoms with Crippen molar-refractivity contribution in [3.8, 4) is 5.69 Å². The van der Waals surface area contributed by atoms with Gasteiger partial charge >= 0.3 is 0 Å². The van der Waals surface area contributed by atoms with E-state index in [9.17, 15) is 0 Å². The highest BCUT2D eigenvalue weighted by atomic mass is 15.5. The average molecular weight is 254 g/mol. The maximum Gasteiger partial charge on any atom is 0.0969 e. The van der Waals surface area contributed by atoms with Crippen molar-refractivity contribution in [3.05, 3.63) is 60.2 Å². The highest BCUT2D eigenvalue weighted by Gasteiger charge is 2.02. The normalized spacial score (nSPS) is 10.7. The summed E-state index contributed by atoms with van der Waals surface area (Å²) in [6.45, 7) is 1.41. The Bertz CT molecular complexity index is 614. The van der Waals surface area contributed by atoms with E-state index in [1.807, 2.05) is 36.4 Å². The van der Waals surface area contributed by atoms with Gasteiger partial charge in [0.2, 0.25) is 0 Å². The summed E-state index contributed by atoms with van der Waals surface area (Å²) in [5, 5.41) is 18.7. The summed E-state index contributed by atoms with van der Waals surface area (Å²) >= 11 is 0. The number of para-hydroxylation sites is 1. The number of hydrogen-bond acceptors (Lipinski definition) is 4. The molecular formula is C13H14N6. The first kappa shape index (κ1) is 11.6. The van der Waals surface area contributed by atoms with E-state index in [1.165, 1.54) is 0 Å². The molecule has 0 fully saturated rings. The van der Waals surface area contributed by atoms with Gasteiger partial charge in [-0.05, 0) is 18.2 Å². The van der Waals surface area contributed by atoms with Crippen LogP contribution < -0.4 is 5.32 Å². The summed E-state index contributed by atoms with van der Waals surface area (Å²) in [7, 11) is 0. The molecule has 0 aliphatic rings. The van der Waals surface area contributed by atoms with Crippen molar-refractivity contribution in [2.45, 2.75) is 13.1 Å². The monoisotopic (exact) mass is 254 g/mol. The maximum atomic E-state index is 4.42. The van der Waals surface area contributed by atoms with Gasteiger partial charge in [-0.2, -0.15) is 20.1 Å². The minimum atomic E-state index is 0.672. The van der Waals surface area contributed by atoms with Crippen molar-refractivity contribution in [3.63, 3.8) is 0 Å². The zero-order valence-electron chi connectivity index (χ0n) is 10.3. The zero-order chi connectivity index (χ0) is 12.9.